The summed E-state index contributed by atoms with van der Waals surface area (Å²) >= 11 is 0. The highest BCUT2D eigenvalue weighted by molar-refractivity contribution is 6.06. The van der Waals surface area contributed by atoms with Gasteiger partial charge in [0, 0.05) is 62.1 Å². The van der Waals surface area contributed by atoms with Gasteiger partial charge in [0.05, 0.1) is 29.2 Å². The molecule has 12 heteroatoms. The number of rotatable bonds is 3. The summed E-state index contributed by atoms with van der Waals surface area (Å²) in [6.07, 6.45) is 5.11. The fourth-order valence-electron chi connectivity index (χ4n) is 5.89. The lowest BCUT2D eigenvalue weighted by Gasteiger charge is -2.45. The first kappa shape index (κ1) is 26.1. The molecular weight excluding hydrogens is 536 g/mol. The van der Waals surface area contributed by atoms with Crippen molar-refractivity contribution in [3.8, 4) is 17.1 Å². The van der Waals surface area contributed by atoms with E-state index in [-0.39, 0.29) is 18.0 Å². The second-order valence-corrected chi connectivity index (χ2v) is 11.8. The number of amides is 2. The molecule has 1 atom stereocenters. The van der Waals surface area contributed by atoms with Crippen LogP contribution >= 0.6 is 0 Å². The highest BCUT2D eigenvalue weighted by atomic mass is 16.6. The first-order valence-electron chi connectivity index (χ1n) is 14.0. The number of hydrogen-bond acceptors (Lipinski definition) is 9. The number of aryl methyl sites for hydroxylation is 1. The van der Waals surface area contributed by atoms with E-state index >= 15 is 0 Å². The van der Waals surface area contributed by atoms with Crippen LogP contribution in [0.25, 0.3) is 22.3 Å². The van der Waals surface area contributed by atoms with Crippen molar-refractivity contribution in [1.82, 2.24) is 29.7 Å². The molecule has 0 spiro atoms. The fraction of sp³-hybridized carbons (Fsp3) is 0.367. The summed E-state index contributed by atoms with van der Waals surface area (Å²) in [5.41, 5.74) is 4.85. The maximum atomic E-state index is 13.0. The van der Waals surface area contributed by atoms with Gasteiger partial charge in [-0.1, -0.05) is 0 Å². The van der Waals surface area contributed by atoms with Crippen molar-refractivity contribution in [3.05, 3.63) is 54.0 Å². The van der Waals surface area contributed by atoms with Gasteiger partial charge in [-0.25, -0.2) is 9.78 Å². The van der Waals surface area contributed by atoms with Crippen LogP contribution in [-0.2, 0) is 18.3 Å². The lowest BCUT2D eigenvalue weighted by Crippen LogP contribution is -2.59. The maximum absolute atomic E-state index is 13.0. The highest BCUT2D eigenvalue weighted by Gasteiger charge is 2.37. The van der Waals surface area contributed by atoms with E-state index in [2.05, 4.69) is 20.5 Å². The summed E-state index contributed by atoms with van der Waals surface area (Å²) in [5, 5.41) is 7.23. The van der Waals surface area contributed by atoms with Crippen molar-refractivity contribution >= 4 is 40.2 Å². The third-order valence-electron chi connectivity index (χ3n) is 7.81. The molecule has 7 rings (SSSR count). The van der Waals surface area contributed by atoms with E-state index in [1.54, 1.807) is 17.3 Å². The van der Waals surface area contributed by atoms with Gasteiger partial charge in [-0.3, -0.25) is 9.78 Å². The predicted molar refractivity (Wildman–Crippen MR) is 157 cm³/mol. The number of ether oxygens (including phenoxy) is 2. The molecule has 12 nitrogen and oxygen atoms in total. The van der Waals surface area contributed by atoms with E-state index in [4.69, 9.17) is 19.4 Å². The van der Waals surface area contributed by atoms with Crippen LogP contribution in [0.4, 0.5) is 22.0 Å². The molecule has 3 aliphatic heterocycles. The van der Waals surface area contributed by atoms with Crippen LogP contribution in [0.1, 0.15) is 36.7 Å². The van der Waals surface area contributed by atoms with E-state index in [1.165, 1.54) is 0 Å². The van der Waals surface area contributed by atoms with Gasteiger partial charge in [0.1, 0.15) is 29.4 Å². The Morgan fingerprint density at radius 1 is 1.17 bits per heavy atom. The van der Waals surface area contributed by atoms with Crippen molar-refractivity contribution < 1.29 is 19.1 Å². The van der Waals surface area contributed by atoms with Crippen molar-refractivity contribution in [3.63, 3.8) is 0 Å². The molecule has 4 aromatic rings. The fourth-order valence-corrected chi connectivity index (χ4v) is 5.89. The average molecular weight is 569 g/mol. The molecule has 2 N–H and O–H groups in total. The Balaban J connectivity index is 1.14. The number of fused-ring (bicyclic) bond motifs is 5. The molecule has 42 heavy (non-hydrogen) atoms. The van der Waals surface area contributed by atoms with Crippen LogP contribution in [0.15, 0.2) is 42.9 Å². The first-order valence-corrected chi connectivity index (χ1v) is 14.0. The number of nitrogens with zero attached hydrogens (tertiary/aromatic N) is 6. The van der Waals surface area contributed by atoms with Crippen molar-refractivity contribution in [2.45, 2.75) is 39.0 Å². The Hall–Kier alpha value is -4.87. The Kier molecular flexibility index (Phi) is 5.96. The van der Waals surface area contributed by atoms with E-state index in [0.717, 1.165) is 33.5 Å². The highest BCUT2D eigenvalue weighted by Crippen LogP contribution is 2.38. The number of anilines is 3. The van der Waals surface area contributed by atoms with E-state index < -0.39 is 5.60 Å². The second-order valence-electron chi connectivity index (χ2n) is 11.8. The lowest BCUT2D eigenvalue weighted by atomic mass is 10.0. The Labute approximate surface area is 242 Å². The summed E-state index contributed by atoms with van der Waals surface area (Å²) in [5.74, 6) is 0.899. The van der Waals surface area contributed by atoms with Gasteiger partial charge in [0.15, 0.2) is 0 Å². The second kappa shape index (κ2) is 9.61. The zero-order valence-electron chi connectivity index (χ0n) is 24.0. The van der Waals surface area contributed by atoms with Crippen LogP contribution in [0, 0.1) is 0 Å². The molecule has 3 aliphatic rings. The SMILES string of the molecule is Cn1ccc2c(-c3ncc(Nc4ccc5c(n4)OCC4CN(C(=O)OC(C)(C)C)CCN54)c4c3CNC4=O)ccnc21. The van der Waals surface area contributed by atoms with Crippen molar-refractivity contribution in [2.75, 3.05) is 36.5 Å². The third kappa shape index (κ3) is 4.43. The topological polar surface area (TPSA) is 127 Å². The molecule has 1 fully saturated rings. The number of hydrogen-bond donors (Lipinski definition) is 2. The van der Waals surface area contributed by atoms with Gasteiger partial charge in [0.2, 0.25) is 5.88 Å². The number of aromatic nitrogens is 4. The number of pyridine rings is 3. The smallest absolute Gasteiger partial charge is 0.410 e. The van der Waals surface area contributed by atoms with Crippen LogP contribution in [0.2, 0.25) is 0 Å². The molecule has 0 bridgehead atoms. The summed E-state index contributed by atoms with van der Waals surface area (Å²) in [6, 6.07) is 7.79. The largest absolute Gasteiger partial charge is 0.474 e. The zero-order chi connectivity index (χ0) is 29.2. The minimum Gasteiger partial charge on any atom is -0.474 e. The van der Waals surface area contributed by atoms with Gasteiger partial charge < -0.3 is 34.5 Å². The molecule has 7 heterocycles. The van der Waals surface area contributed by atoms with Crippen LogP contribution in [0.5, 0.6) is 5.88 Å². The van der Waals surface area contributed by atoms with Crippen LogP contribution in [-0.4, -0.2) is 74.3 Å². The third-order valence-corrected chi connectivity index (χ3v) is 7.81. The minimum absolute atomic E-state index is 0.00681. The number of carbonyl (C=O) groups is 2. The molecule has 0 saturated carbocycles. The number of piperazine rings is 1. The van der Waals surface area contributed by atoms with Gasteiger partial charge in [0.25, 0.3) is 5.91 Å². The standard InChI is InChI=1S/C30H32N8O4/c1-30(2,3)42-29(40)37-11-12-38-17(15-37)16-41-28-22(38)5-6-23(35-28)34-21-14-32-25(20-13-33-27(39)24(20)21)18-7-9-31-26-19(18)8-10-36(26)4/h5-10,14,17H,11-13,15-16H2,1-4H3,(H,33,39)(H,34,35). The van der Waals surface area contributed by atoms with Crippen molar-refractivity contribution in [1.29, 1.82) is 0 Å². The van der Waals surface area contributed by atoms with Gasteiger partial charge in [-0.2, -0.15) is 4.98 Å². The summed E-state index contributed by atoms with van der Waals surface area (Å²) in [7, 11) is 1.95. The van der Waals surface area contributed by atoms with Gasteiger partial charge in [-0.05, 0) is 45.0 Å². The molecule has 1 unspecified atom stereocenters. The molecule has 0 radical (unpaired) electrons. The maximum Gasteiger partial charge on any atom is 0.410 e. The Morgan fingerprint density at radius 2 is 2.02 bits per heavy atom. The van der Waals surface area contributed by atoms with Gasteiger partial charge in [-0.15, -0.1) is 0 Å². The van der Waals surface area contributed by atoms with Crippen LogP contribution in [0.3, 0.4) is 0 Å². The monoisotopic (exact) mass is 568 g/mol. The van der Waals surface area contributed by atoms with Crippen LogP contribution < -0.4 is 20.3 Å². The predicted octanol–water partition coefficient (Wildman–Crippen LogP) is 3.84. The molecule has 4 aromatic heterocycles. The van der Waals surface area contributed by atoms with E-state index in [0.29, 0.717) is 55.7 Å². The Morgan fingerprint density at radius 3 is 2.86 bits per heavy atom. The summed E-state index contributed by atoms with van der Waals surface area (Å²) < 4.78 is 13.6. The zero-order valence-corrected chi connectivity index (χ0v) is 24.0. The normalized spacial score (nSPS) is 17.7. The summed E-state index contributed by atoms with van der Waals surface area (Å²) in [4.78, 5) is 43.6. The van der Waals surface area contributed by atoms with E-state index in [1.807, 2.05) is 62.8 Å². The minimum atomic E-state index is -0.540. The molecule has 2 amide bonds. The quantitative estimate of drug-likeness (QED) is 0.379. The summed E-state index contributed by atoms with van der Waals surface area (Å²) in [6.45, 7) is 8.11. The average Bonchev–Trinajstić information content (AvgIpc) is 3.55. The first-order chi connectivity index (χ1) is 20.2. The number of carbonyl (C=O) groups excluding carboxylic acids is 2. The molecule has 216 valence electrons. The molecule has 1 saturated heterocycles. The lowest BCUT2D eigenvalue weighted by molar-refractivity contribution is 0.0194. The Bertz CT molecular complexity index is 1740. The van der Waals surface area contributed by atoms with E-state index in [9.17, 15) is 9.59 Å². The molecular formula is C30H32N8O4. The van der Waals surface area contributed by atoms with Gasteiger partial charge >= 0.3 is 6.09 Å². The molecule has 0 aromatic carbocycles. The van der Waals surface area contributed by atoms with Crippen molar-refractivity contribution in [2.24, 2.45) is 7.05 Å². The number of nitrogens with one attached hydrogen (secondary N) is 2. The molecule has 0 aliphatic carbocycles.